The van der Waals surface area contributed by atoms with Crippen LogP contribution >= 0.6 is 0 Å². The van der Waals surface area contributed by atoms with Gasteiger partial charge in [0.2, 0.25) is 5.91 Å². The first-order chi connectivity index (χ1) is 9.61. The highest BCUT2D eigenvalue weighted by atomic mass is 16.5. The molecule has 0 aliphatic rings. The first-order valence-corrected chi connectivity index (χ1v) is 7.00. The number of carbonyl (C=O) groups is 1. The van der Waals surface area contributed by atoms with E-state index in [1.54, 1.807) is 0 Å². The van der Waals surface area contributed by atoms with E-state index < -0.39 is 0 Å². The highest BCUT2D eigenvalue weighted by Crippen LogP contribution is 2.15. The molecule has 1 aromatic carbocycles. The summed E-state index contributed by atoms with van der Waals surface area (Å²) in [7, 11) is 4.08. The maximum atomic E-state index is 11.7. The summed E-state index contributed by atoms with van der Waals surface area (Å²) in [5.41, 5.74) is 0.786. The van der Waals surface area contributed by atoms with E-state index in [1.165, 1.54) is 0 Å². The van der Waals surface area contributed by atoms with Crippen molar-refractivity contribution in [3.05, 3.63) is 24.3 Å². The van der Waals surface area contributed by atoms with Gasteiger partial charge in [0, 0.05) is 5.69 Å². The number of rotatable bonds is 9. The normalized spacial score (nSPS) is 10.6. The number of hydrogen-bond donors (Lipinski definition) is 2. The van der Waals surface area contributed by atoms with Crippen LogP contribution in [0.3, 0.4) is 0 Å². The number of hydrogen-bond acceptors (Lipinski definition) is 4. The molecule has 20 heavy (non-hydrogen) atoms. The Balaban J connectivity index is 2.21. The van der Waals surface area contributed by atoms with Crippen molar-refractivity contribution in [3.63, 3.8) is 0 Å². The van der Waals surface area contributed by atoms with Crippen molar-refractivity contribution in [1.82, 2.24) is 10.2 Å². The van der Waals surface area contributed by atoms with Crippen LogP contribution in [0.2, 0.25) is 0 Å². The number of anilines is 1. The van der Waals surface area contributed by atoms with E-state index in [2.05, 4.69) is 15.5 Å². The quantitative estimate of drug-likeness (QED) is 0.674. The van der Waals surface area contributed by atoms with E-state index in [4.69, 9.17) is 4.74 Å². The van der Waals surface area contributed by atoms with Crippen molar-refractivity contribution >= 4 is 11.6 Å². The second-order valence-electron chi connectivity index (χ2n) is 4.84. The van der Waals surface area contributed by atoms with Crippen molar-refractivity contribution < 1.29 is 9.53 Å². The van der Waals surface area contributed by atoms with Gasteiger partial charge in [0.05, 0.1) is 13.2 Å². The third-order valence-electron chi connectivity index (χ3n) is 2.69. The van der Waals surface area contributed by atoms with Gasteiger partial charge >= 0.3 is 0 Å². The maximum absolute atomic E-state index is 11.7. The van der Waals surface area contributed by atoms with Crippen LogP contribution in [0, 0.1) is 0 Å². The Hall–Kier alpha value is -1.59. The summed E-state index contributed by atoms with van der Waals surface area (Å²) < 4.78 is 5.35. The van der Waals surface area contributed by atoms with Gasteiger partial charge in [0.1, 0.15) is 5.75 Å². The van der Waals surface area contributed by atoms with E-state index in [9.17, 15) is 4.79 Å². The van der Waals surface area contributed by atoms with Gasteiger partial charge in [-0.3, -0.25) is 4.79 Å². The Morgan fingerprint density at radius 2 is 1.95 bits per heavy atom. The smallest absolute Gasteiger partial charge is 0.238 e. The zero-order valence-electron chi connectivity index (χ0n) is 12.6. The molecule has 5 heteroatoms. The third kappa shape index (κ3) is 7.11. The van der Waals surface area contributed by atoms with Crippen molar-refractivity contribution in [2.45, 2.75) is 13.3 Å². The molecular weight excluding hydrogens is 254 g/mol. The number of nitrogens with one attached hydrogen (secondary N) is 2. The van der Waals surface area contributed by atoms with Crippen molar-refractivity contribution in [3.8, 4) is 5.75 Å². The zero-order valence-corrected chi connectivity index (χ0v) is 12.6. The number of nitrogens with zero attached hydrogens (tertiary/aromatic N) is 1. The van der Waals surface area contributed by atoms with Gasteiger partial charge < -0.3 is 20.3 Å². The molecule has 0 aliphatic heterocycles. The first-order valence-electron chi connectivity index (χ1n) is 7.00. The lowest BCUT2D eigenvalue weighted by Gasteiger charge is -2.10. The zero-order chi connectivity index (χ0) is 14.8. The van der Waals surface area contributed by atoms with E-state index in [0.717, 1.165) is 30.9 Å². The first kappa shape index (κ1) is 16.5. The molecule has 0 aromatic heterocycles. The molecular formula is C15H25N3O2. The largest absolute Gasteiger partial charge is 0.494 e. The molecule has 1 rings (SSSR count). The van der Waals surface area contributed by atoms with Gasteiger partial charge in [0.15, 0.2) is 0 Å². The van der Waals surface area contributed by atoms with Gasteiger partial charge in [-0.2, -0.15) is 0 Å². The summed E-state index contributed by atoms with van der Waals surface area (Å²) in [6.07, 6.45) is 1.03. The van der Waals surface area contributed by atoms with Crippen LogP contribution in [0.4, 0.5) is 5.69 Å². The maximum Gasteiger partial charge on any atom is 0.238 e. The van der Waals surface area contributed by atoms with Crippen molar-refractivity contribution in [2.75, 3.05) is 45.7 Å². The fourth-order valence-electron chi connectivity index (χ4n) is 1.73. The average Bonchev–Trinajstić information content (AvgIpc) is 2.40. The van der Waals surface area contributed by atoms with E-state index in [1.807, 2.05) is 45.3 Å². The Morgan fingerprint density at radius 1 is 1.25 bits per heavy atom. The van der Waals surface area contributed by atoms with Gasteiger partial charge in [-0.25, -0.2) is 0 Å². The summed E-state index contributed by atoms with van der Waals surface area (Å²) in [4.78, 5) is 13.8. The van der Waals surface area contributed by atoms with E-state index >= 15 is 0 Å². The minimum Gasteiger partial charge on any atom is -0.494 e. The second-order valence-corrected chi connectivity index (χ2v) is 4.84. The topological polar surface area (TPSA) is 53.6 Å². The average molecular weight is 279 g/mol. The van der Waals surface area contributed by atoms with Crippen LogP contribution in [-0.2, 0) is 4.79 Å². The van der Waals surface area contributed by atoms with Crippen molar-refractivity contribution in [1.29, 1.82) is 0 Å². The molecule has 0 saturated carbocycles. The molecule has 0 fully saturated rings. The van der Waals surface area contributed by atoms with Crippen LogP contribution in [0.15, 0.2) is 24.3 Å². The lowest BCUT2D eigenvalue weighted by atomic mass is 10.3. The molecule has 0 atom stereocenters. The van der Waals surface area contributed by atoms with Gasteiger partial charge in [-0.05, 0) is 64.8 Å². The second kappa shape index (κ2) is 9.34. The SMILES string of the molecule is CCOc1ccc(NC(=O)CNCCCN(C)C)cc1. The Labute approximate surface area is 121 Å². The van der Waals surface area contributed by atoms with E-state index in [-0.39, 0.29) is 5.91 Å². The standard InChI is InChI=1S/C15H25N3O2/c1-4-20-14-8-6-13(7-9-14)17-15(19)12-16-10-5-11-18(2)3/h6-9,16H,4-5,10-12H2,1-3H3,(H,17,19). The fourth-order valence-corrected chi connectivity index (χ4v) is 1.73. The molecule has 0 heterocycles. The molecule has 1 aromatic rings. The molecule has 0 unspecified atom stereocenters. The van der Waals surface area contributed by atoms with E-state index in [0.29, 0.717) is 13.2 Å². The van der Waals surface area contributed by atoms with Crippen LogP contribution in [-0.4, -0.2) is 51.1 Å². The minimum atomic E-state index is -0.0287. The summed E-state index contributed by atoms with van der Waals surface area (Å²) in [5.74, 6) is 0.784. The van der Waals surface area contributed by atoms with Crippen LogP contribution in [0.1, 0.15) is 13.3 Å². The Kier molecular flexibility index (Phi) is 7.69. The van der Waals surface area contributed by atoms with Gasteiger partial charge in [-0.1, -0.05) is 0 Å². The van der Waals surface area contributed by atoms with Crippen LogP contribution < -0.4 is 15.4 Å². The van der Waals surface area contributed by atoms with Crippen LogP contribution in [0.25, 0.3) is 0 Å². The highest BCUT2D eigenvalue weighted by molar-refractivity contribution is 5.92. The molecule has 112 valence electrons. The minimum absolute atomic E-state index is 0.0287. The van der Waals surface area contributed by atoms with Gasteiger partial charge in [-0.15, -0.1) is 0 Å². The third-order valence-corrected chi connectivity index (χ3v) is 2.69. The molecule has 0 bridgehead atoms. The Bertz CT molecular complexity index is 391. The predicted octanol–water partition coefficient (Wildman–Crippen LogP) is 1.57. The summed E-state index contributed by atoms with van der Waals surface area (Å²) in [6, 6.07) is 7.39. The molecule has 0 spiro atoms. The molecule has 0 saturated heterocycles. The summed E-state index contributed by atoms with van der Waals surface area (Å²) >= 11 is 0. The molecule has 5 nitrogen and oxygen atoms in total. The summed E-state index contributed by atoms with van der Waals surface area (Å²) in [6.45, 7) is 4.78. The molecule has 2 N–H and O–H groups in total. The number of benzene rings is 1. The molecule has 1 amide bonds. The lowest BCUT2D eigenvalue weighted by molar-refractivity contribution is -0.115. The Morgan fingerprint density at radius 3 is 2.55 bits per heavy atom. The predicted molar refractivity (Wildman–Crippen MR) is 82.3 cm³/mol. The number of carbonyl (C=O) groups excluding carboxylic acids is 1. The summed E-state index contributed by atoms with van der Waals surface area (Å²) in [5, 5.41) is 5.97. The number of ether oxygens (including phenoxy) is 1. The highest BCUT2D eigenvalue weighted by Gasteiger charge is 2.02. The number of amides is 1. The van der Waals surface area contributed by atoms with Crippen molar-refractivity contribution in [2.24, 2.45) is 0 Å². The van der Waals surface area contributed by atoms with Gasteiger partial charge in [0.25, 0.3) is 0 Å². The lowest BCUT2D eigenvalue weighted by Crippen LogP contribution is -2.30. The molecule has 0 aliphatic carbocycles. The van der Waals surface area contributed by atoms with Crippen LogP contribution in [0.5, 0.6) is 5.75 Å². The molecule has 0 radical (unpaired) electrons. The monoisotopic (exact) mass is 279 g/mol. The fraction of sp³-hybridized carbons (Fsp3) is 0.533.